The van der Waals surface area contributed by atoms with Crippen LogP contribution >= 0.6 is 23.2 Å². The maximum atomic E-state index is 13.0. The molecule has 0 fully saturated rings. The molecule has 35 heavy (non-hydrogen) atoms. The monoisotopic (exact) mass is 516 g/mol. The third-order valence-corrected chi connectivity index (χ3v) is 5.67. The van der Waals surface area contributed by atoms with Crippen LogP contribution < -0.4 is 15.5 Å². The van der Waals surface area contributed by atoms with Crippen LogP contribution in [0.2, 0.25) is 10.0 Å². The second kappa shape index (κ2) is 11.5. The van der Waals surface area contributed by atoms with Gasteiger partial charge in [-0.1, -0.05) is 50.9 Å². The number of amides is 2. The molecule has 0 spiro atoms. The van der Waals surface area contributed by atoms with Gasteiger partial charge >= 0.3 is 12.0 Å². The zero-order valence-electron chi connectivity index (χ0n) is 20.2. The van der Waals surface area contributed by atoms with E-state index in [2.05, 4.69) is 43.2 Å². The summed E-state index contributed by atoms with van der Waals surface area (Å²) >= 11 is 12.8. The van der Waals surface area contributed by atoms with Crippen LogP contribution in [-0.2, 0) is 0 Å². The summed E-state index contributed by atoms with van der Waals surface area (Å²) in [5.41, 5.74) is 2.36. The molecule has 3 N–H and O–H groups in total. The first-order valence-electron chi connectivity index (χ1n) is 11.4. The van der Waals surface area contributed by atoms with E-state index in [0.717, 1.165) is 13.1 Å². The molecule has 0 aliphatic heterocycles. The summed E-state index contributed by atoms with van der Waals surface area (Å²) in [6.07, 6.45) is 1.65. The molecule has 0 atom stereocenters. The van der Waals surface area contributed by atoms with E-state index in [0.29, 0.717) is 44.6 Å². The number of hydrogen-bond donors (Lipinski definition) is 3. The molecule has 2 aromatic carbocycles. The van der Waals surface area contributed by atoms with E-state index in [1.165, 1.54) is 10.6 Å². The minimum absolute atomic E-state index is 0.0894. The van der Waals surface area contributed by atoms with Crippen molar-refractivity contribution < 1.29 is 14.7 Å². The highest BCUT2D eigenvalue weighted by atomic mass is 35.5. The number of carbonyl (C=O) groups excluding carboxylic acids is 1. The van der Waals surface area contributed by atoms with Gasteiger partial charge in [-0.25, -0.2) is 9.59 Å². The van der Waals surface area contributed by atoms with Crippen LogP contribution in [0.1, 0.15) is 38.2 Å². The summed E-state index contributed by atoms with van der Waals surface area (Å²) < 4.78 is 1.52. The normalized spacial score (nSPS) is 11.1. The van der Waals surface area contributed by atoms with E-state index in [1.54, 1.807) is 48.7 Å². The smallest absolute Gasteiger partial charge is 0.352 e. The number of hydrogen-bond acceptors (Lipinski definition) is 3. The van der Waals surface area contributed by atoms with Crippen LogP contribution in [-0.4, -0.2) is 34.8 Å². The standard InChI is InChI=1S/C26H30Cl2N4O3/c1-16(2)14-31(15-17(3)4)24-21(28)12-20(32-11-5-6-23(32)25(33)34)13-22(24)30-26(35)29-19-9-7-18(27)8-10-19/h5-13,16-17H,14-15H2,1-4H3,(H,33,34)(H2,29,30,35). The van der Waals surface area contributed by atoms with Crippen LogP contribution in [0.15, 0.2) is 54.7 Å². The van der Waals surface area contributed by atoms with Crippen molar-refractivity contribution in [3.63, 3.8) is 0 Å². The Morgan fingerprint density at radius 3 is 2.17 bits per heavy atom. The number of halogens is 2. The van der Waals surface area contributed by atoms with Gasteiger partial charge in [-0.15, -0.1) is 0 Å². The second-order valence-electron chi connectivity index (χ2n) is 9.17. The first-order chi connectivity index (χ1) is 16.5. The van der Waals surface area contributed by atoms with Gasteiger partial charge < -0.3 is 25.2 Å². The van der Waals surface area contributed by atoms with Crippen molar-refractivity contribution >= 4 is 52.3 Å². The van der Waals surface area contributed by atoms with E-state index >= 15 is 0 Å². The van der Waals surface area contributed by atoms with Gasteiger partial charge in [0.25, 0.3) is 0 Å². The Balaban J connectivity index is 2.07. The molecule has 0 radical (unpaired) electrons. The van der Waals surface area contributed by atoms with Gasteiger partial charge in [0, 0.05) is 35.7 Å². The van der Waals surface area contributed by atoms with Crippen LogP contribution in [0.5, 0.6) is 0 Å². The summed E-state index contributed by atoms with van der Waals surface area (Å²) in [6, 6.07) is 12.9. The van der Waals surface area contributed by atoms with Gasteiger partial charge in [0.15, 0.2) is 0 Å². The lowest BCUT2D eigenvalue weighted by molar-refractivity contribution is 0.0688. The van der Waals surface area contributed by atoms with Crippen LogP contribution in [0.3, 0.4) is 0 Å². The topological polar surface area (TPSA) is 86.6 Å². The van der Waals surface area contributed by atoms with E-state index < -0.39 is 12.0 Å². The highest BCUT2D eigenvalue weighted by molar-refractivity contribution is 6.34. The maximum absolute atomic E-state index is 13.0. The molecule has 0 bridgehead atoms. The number of aromatic nitrogens is 1. The van der Waals surface area contributed by atoms with Crippen LogP contribution in [0, 0.1) is 11.8 Å². The number of carboxylic acids is 1. The number of urea groups is 1. The Kier molecular flexibility index (Phi) is 8.70. The van der Waals surface area contributed by atoms with Gasteiger partial charge in [-0.05, 0) is 60.4 Å². The fourth-order valence-corrected chi connectivity index (χ4v) is 4.34. The largest absolute Gasteiger partial charge is 0.477 e. The molecule has 2 amide bonds. The van der Waals surface area contributed by atoms with E-state index in [-0.39, 0.29) is 5.69 Å². The van der Waals surface area contributed by atoms with Crippen molar-refractivity contribution in [1.29, 1.82) is 0 Å². The van der Waals surface area contributed by atoms with Crippen molar-refractivity contribution in [2.24, 2.45) is 11.8 Å². The predicted molar refractivity (Wildman–Crippen MR) is 144 cm³/mol. The summed E-state index contributed by atoms with van der Waals surface area (Å²) in [5, 5.41) is 16.3. The molecule has 0 aliphatic rings. The Morgan fingerprint density at radius 1 is 0.971 bits per heavy atom. The maximum Gasteiger partial charge on any atom is 0.352 e. The quantitative estimate of drug-likeness (QED) is 0.279. The predicted octanol–water partition coefficient (Wildman–Crippen LogP) is 7.24. The number of nitrogens with one attached hydrogen (secondary N) is 2. The Morgan fingerprint density at radius 2 is 1.60 bits per heavy atom. The molecular weight excluding hydrogens is 487 g/mol. The average Bonchev–Trinajstić information content (AvgIpc) is 3.24. The molecule has 0 saturated heterocycles. The lowest BCUT2D eigenvalue weighted by Gasteiger charge is -2.31. The van der Waals surface area contributed by atoms with Crippen LogP contribution in [0.25, 0.3) is 5.69 Å². The third kappa shape index (κ3) is 6.93. The highest BCUT2D eigenvalue weighted by Gasteiger charge is 2.22. The van der Waals surface area contributed by atoms with E-state index in [1.807, 2.05) is 0 Å². The minimum Gasteiger partial charge on any atom is -0.477 e. The Hall–Kier alpha value is -3.16. The average molecular weight is 517 g/mol. The van der Waals surface area contributed by atoms with Gasteiger partial charge in [0.1, 0.15) is 5.69 Å². The molecule has 3 rings (SSSR count). The molecule has 3 aromatic rings. The molecule has 186 valence electrons. The fraction of sp³-hybridized carbons (Fsp3) is 0.308. The van der Waals surface area contributed by atoms with Gasteiger partial charge in [0.05, 0.1) is 16.4 Å². The van der Waals surface area contributed by atoms with Gasteiger partial charge in [-0.2, -0.15) is 0 Å². The zero-order valence-corrected chi connectivity index (χ0v) is 21.7. The van der Waals surface area contributed by atoms with E-state index in [4.69, 9.17) is 23.2 Å². The lowest BCUT2D eigenvalue weighted by Crippen LogP contribution is -2.33. The molecule has 0 aliphatic carbocycles. The molecule has 1 aromatic heterocycles. The molecule has 7 nitrogen and oxygen atoms in total. The van der Waals surface area contributed by atoms with Crippen LogP contribution in [0.4, 0.5) is 21.9 Å². The molecule has 9 heteroatoms. The summed E-state index contributed by atoms with van der Waals surface area (Å²) in [4.78, 5) is 26.8. The van der Waals surface area contributed by atoms with Crippen molar-refractivity contribution in [2.75, 3.05) is 28.6 Å². The number of anilines is 3. The molecule has 1 heterocycles. The molecule has 0 unspecified atom stereocenters. The van der Waals surface area contributed by atoms with Crippen molar-refractivity contribution in [2.45, 2.75) is 27.7 Å². The summed E-state index contributed by atoms with van der Waals surface area (Å²) in [6.45, 7) is 9.94. The Bertz CT molecular complexity index is 1180. The molecule has 0 saturated carbocycles. The summed E-state index contributed by atoms with van der Waals surface area (Å²) in [5.74, 6) is -0.363. The van der Waals surface area contributed by atoms with Crippen molar-refractivity contribution in [3.8, 4) is 5.69 Å². The number of carboxylic acid groups (broad SMARTS) is 1. The zero-order chi connectivity index (χ0) is 25.7. The van der Waals surface area contributed by atoms with Gasteiger partial charge in [0.2, 0.25) is 0 Å². The number of rotatable bonds is 9. The number of benzene rings is 2. The number of carbonyl (C=O) groups is 2. The summed E-state index contributed by atoms with van der Waals surface area (Å²) in [7, 11) is 0. The first kappa shape index (κ1) is 26.4. The number of nitrogens with zero attached hydrogens (tertiary/aromatic N) is 2. The minimum atomic E-state index is -1.06. The molecular formula is C26H30Cl2N4O3. The van der Waals surface area contributed by atoms with E-state index in [9.17, 15) is 14.7 Å². The Labute approximate surface area is 215 Å². The van der Waals surface area contributed by atoms with Crippen molar-refractivity contribution in [3.05, 3.63) is 70.5 Å². The van der Waals surface area contributed by atoms with Gasteiger partial charge in [-0.3, -0.25) is 0 Å². The first-order valence-corrected chi connectivity index (χ1v) is 12.1. The third-order valence-electron chi connectivity index (χ3n) is 5.13. The fourth-order valence-electron chi connectivity index (χ4n) is 3.88. The van der Waals surface area contributed by atoms with Crippen molar-refractivity contribution in [1.82, 2.24) is 4.57 Å². The number of aromatic carboxylic acids is 1. The second-order valence-corrected chi connectivity index (χ2v) is 10.0. The SMILES string of the molecule is CC(C)CN(CC(C)C)c1c(Cl)cc(-n2cccc2C(=O)O)cc1NC(=O)Nc1ccc(Cl)cc1. The lowest BCUT2D eigenvalue weighted by atomic mass is 10.1. The highest BCUT2D eigenvalue weighted by Crippen LogP contribution is 2.38.